The van der Waals surface area contributed by atoms with Gasteiger partial charge in [-0.05, 0) is 36.2 Å². The molecule has 0 radical (unpaired) electrons. The van der Waals surface area contributed by atoms with Crippen molar-refractivity contribution in [3.63, 3.8) is 0 Å². The van der Waals surface area contributed by atoms with Gasteiger partial charge in [0.1, 0.15) is 17.6 Å². The summed E-state index contributed by atoms with van der Waals surface area (Å²) in [7, 11) is 0. The summed E-state index contributed by atoms with van der Waals surface area (Å²) in [6.45, 7) is 0.299. The van der Waals surface area contributed by atoms with Gasteiger partial charge in [-0.15, -0.1) is 26.3 Å². The number of amides is 1. The number of benzene rings is 2. The summed E-state index contributed by atoms with van der Waals surface area (Å²) in [5, 5.41) is 9.14. The number of alkyl halides is 6. The van der Waals surface area contributed by atoms with E-state index in [9.17, 15) is 31.1 Å². The zero-order valence-corrected chi connectivity index (χ0v) is 19.4. The maximum Gasteiger partial charge on any atom is 0.573 e. The van der Waals surface area contributed by atoms with E-state index in [1.807, 2.05) is 0 Å². The standard InChI is InChI=1S/C24H19F6N5O3/c25-23(26,27)37-18-3-1-2-17(10-18)35-7-6-34(13-22(35)36)20(19-12-32-14-33-19)8-15-4-5-16(11-31)21(9-15)38-24(28,29)30/h1-5,9-10,12,14,20H,6-8,13H2,(H,32,33). The van der Waals surface area contributed by atoms with Crippen LogP contribution in [0.1, 0.15) is 22.9 Å². The molecule has 3 aromatic rings. The molecule has 0 aliphatic carbocycles. The number of nitriles is 1. The fourth-order valence-electron chi connectivity index (χ4n) is 4.18. The molecule has 4 rings (SSSR count). The van der Waals surface area contributed by atoms with E-state index in [1.165, 1.54) is 41.7 Å². The number of ether oxygens (including phenoxy) is 2. The monoisotopic (exact) mass is 539 g/mol. The Morgan fingerprint density at radius 2 is 1.82 bits per heavy atom. The molecule has 1 unspecified atom stereocenters. The molecule has 0 saturated carbocycles. The lowest BCUT2D eigenvalue weighted by Gasteiger charge is -2.38. The second kappa shape index (κ2) is 10.6. The maximum atomic E-state index is 13.0. The summed E-state index contributed by atoms with van der Waals surface area (Å²) in [6.07, 6.45) is -6.78. The Morgan fingerprint density at radius 3 is 2.45 bits per heavy atom. The van der Waals surface area contributed by atoms with E-state index in [1.54, 1.807) is 11.0 Å². The Bertz CT molecular complexity index is 1320. The van der Waals surface area contributed by atoms with Gasteiger partial charge in [0.2, 0.25) is 5.91 Å². The smallest absolute Gasteiger partial charge is 0.406 e. The van der Waals surface area contributed by atoms with E-state index in [-0.39, 0.29) is 30.8 Å². The molecule has 1 amide bonds. The van der Waals surface area contributed by atoms with E-state index in [2.05, 4.69) is 19.4 Å². The number of piperazine rings is 1. The van der Waals surface area contributed by atoms with Crippen molar-refractivity contribution in [1.29, 1.82) is 5.26 Å². The molecule has 1 aliphatic rings. The largest absolute Gasteiger partial charge is 0.573 e. The lowest BCUT2D eigenvalue weighted by Crippen LogP contribution is -2.51. The number of aromatic amines is 1. The van der Waals surface area contributed by atoms with Gasteiger partial charge in [0, 0.05) is 31.0 Å². The third kappa shape index (κ3) is 6.74. The van der Waals surface area contributed by atoms with Crippen LogP contribution in [0.15, 0.2) is 55.0 Å². The third-order valence-corrected chi connectivity index (χ3v) is 5.75. The fourth-order valence-corrected chi connectivity index (χ4v) is 4.18. The van der Waals surface area contributed by atoms with Crippen LogP contribution in [0.25, 0.3) is 0 Å². The predicted molar refractivity (Wildman–Crippen MR) is 120 cm³/mol. The number of carbonyl (C=O) groups excluding carboxylic acids is 1. The van der Waals surface area contributed by atoms with Crippen LogP contribution >= 0.6 is 0 Å². The van der Waals surface area contributed by atoms with E-state index < -0.39 is 36.2 Å². The van der Waals surface area contributed by atoms with Crippen LogP contribution < -0.4 is 14.4 Å². The number of aromatic nitrogens is 2. The van der Waals surface area contributed by atoms with Crippen molar-refractivity contribution in [1.82, 2.24) is 14.9 Å². The summed E-state index contributed by atoms with van der Waals surface area (Å²) in [5.41, 5.74) is 0.949. The first-order valence-corrected chi connectivity index (χ1v) is 11.1. The van der Waals surface area contributed by atoms with Crippen molar-refractivity contribution >= 4 is 11.6 Å². The lowest BCUT2D eigenvalue weighted by atomic mass is 9.99. The third-order valence-electron chi connectivity index (χ3n) is 5.75. The van der Waals surface area contributed by atoms with E-state index >= 15 is 0 Å². The van der Waals surface area contributed by atoms with E-state index in [0.29, 0.717) is 17.8 Å². The molecule has 8 nitrogen and oxygen atoms in total. The van der Waals surface area contributed by atoms with Gasteiger partial charge in [-0.25, -0.2) is 4.98 Å². The highest BCUT2D eigenvalue weighted by molar-refractivity contribution is 5.95. The first-order valence-electron chi connectivity index (χ1n) is 11.1. The highest BCUT2D eigenvalue weighted by atomic mass is 19.4. The summed E-state index contributed by atoms with van der Waals surface area (Å²) >= 11 is 0. The first kappa shape index (κ1) is 26.8. The Morgan fingerprint density at radius 1 is 1.05 bits per heavy atom. The van der Waals surface area contributed by atoms with Gasteiger partial charge in [0.25, 0.3) is 0 Å². The van der Waals surface area contributed by atoms with Crippen LogP contribution in [-0.4, -0.2) is 53.1 Å². The minimum Gasteiger partial charge on any atom is -0.406 e. The molecule has 1 atom stereocenters. The van der Waals surface area contributed by atoms with E-state index in [0.717, 1.165) is 18.2 Å². The molecule has 1 aromatic heterocycles. The van der Waals surface area contributed by atoms with Crippen molar-refractivity contribution in [2.75, 3.05) is 24.5 Å². The molecule has 38 heavy (non-hydrogen) atoms. The topological polar surface area (TPSA) is 94.5 Å². The highest BCUT2D eigenvalue weighted by Gasteiger charge is 2.35. The molecule has 1 saturated heterocycles. The molecule has 2 aromatic carbocycles. The zero-order chi connectivity index (χ0) is 27.5. The summed E-state index contributed by atoms with van der Waals surface area (Å²) in [5.74, 6) is -1.49. The zero-order valence-electron chi connectivity index (χ0n) is 19.4. The second-order valence-corrected chi connectivity index (χ2v) is 8.28. The number of imidazole rings is 1. The van der Waals surface area contributed by atoms with Crippen LogP contribution in [0, 0.1) is 11.3 Å². The van der Waals surface area contributed by atoms with Gasteiger partial charge in [-0.3, -0.25) is 9.69 Å². The maximum absolute atomic E-state index is 13.0. The average Bonchev–Trinajstić information content (AvgIpc) is 3.35. The number of nitrogens with zero attached hydrogens (tertiary/aromatic N) is 4. The molecule has 200 valence electrons. The molecule has 0 bridgehead atoms. The van der Waals surface area contributed by atoms with Gasteiger partial charge in [-0.1, -0.05) is 12.1 Å². The van der Waals surface area contributed by atoms with Gasteiger partial charge < -0.3 is 19.4 Å². The number of hydrogen-bond acceptors (Lipinski definition) is 6. The highest BCUT2D eigenvalue weighted by Crippen LogP contribution is 2.32. The predicted octanol–water partition coefficient (Wildman–Crippen LogP) is 4.71. The molecule has 14 heteroatoms. The van der Waals surface area contributed by atoms with Gasteiger partial charge in [-0.2, -0.15) is 5.26 Å². The molecular weight excluding hydrogens is 520 g/mol. The van der Waals surface area contributed by atoms with Crippen LogP contribution in [0.2, 0.25) is 0 Å². The van der Waals surface area contributed by atoms with Crippen LogP contribution in [0.4, 0.5) is 32.0 Å². The Labute approximate surface area is 212 Å². The number of hydrogen-bond donors (Lipinski definition) is 1. The Kier molecular flexibility index (Phi) is 7.49. The Balaban J connectivity index is 1.54. The van der Waals surface area contributed by atoms with Crippen molar-refractivity contribution in [2.24, 2.45) is 0 Å². The Hall–Kier alpha value is -4.25. The van der Waals surface area contributed by atoms with Gasteiger partial charge >= 0.3 is 12.7 Å². The molecule has 1 aliphatic heterocycles. The van der Waals surface area contributed by atoms with Gasteiger partial charge in [0.05, 0.1) is 30.2 Å². The number of H-pyrrole nitrogens is 1. The molecule has 0 spiro atoms. The fraction of sp³-hybridized carbons (Fsp3) is 0.292. The van der Waals surface area contributed by atoms with Crippen molar-refractivity contribution in [3.05, 3.63) is 71.8 Å². The summed E-state index contributed by atoms with van der Waals surface area (Å²) in [4.78, 5) is 23.1. The number of carbonyl (C=O) groups is 1. The van der Waals surface area contributed by atoms with E-state index in [4.69, 9.17) is 5.26 Å². The molecule has 2 heterocycles. The molecular formula is C24H19F6N5O3. The SMILES string of the molecule is N#Cc1ccc(CC(c2cnc[nH]2)N2CCN(c3cccc(OC(F)(F)F)c3)C(=O)C2)cc1OC(F)(F)F. The van der Waals surface area contributed by atoms with Gasteiger partial charge in [0.15, 0.2) is 0 Å². The summed E-state index contributed by atoms with van der Waals surface area (Å²) < 4.78 is 84.2. The van der Waals surface area contributed by atoms with Crippen molar-refractivity contribution in [2.45, 2.75) is 25.2 Å². The number of halogens is 6. The normalized spacial score (nSPS) is 15.7. The molecule has 1 N–H and O–H groups in total. The van der Waals surface area contributed by atoms with Crippen LogP contribution in [0.3, 0.4) is 0 Å². The lowest BCUT2D eigenvalue weighted by molar-refractivity contribution is -0.275. The van der Waals surface area contributed by atoms with Crippen molar-refractivity contribution in [3.8, 4) is 17.6 Å². The minimum absolute atomic E-state index is 0.129. The van der Waals surface area contributed by atoms with Crippen molar-refractivity contribution < 1.29 is 40.6 Å². The van der Waals surface area contributed by atoms with Crippen LogP contribution in [-0.2, 0) is 11.2 Å². The summed E-state index contributed by atoms with van der Waals surface area (Å²) in [6, 6.07) is 10.1. The average molecular weight is 539 g/mol. The number of rotatable bonds is 7. The number of nitrogens with one attached hydrogen (secondary N) is 1. The number of anilines is 1. The quantitative estimate of drug-likeness (QED) is 0.437. The van der Waals surface area contributed by atoms with Crippen LogP contribution in [0.5, 0.6) is 11.5 Å². The minimum atomic E-state index is -4.99. The first-order chi connectivity index (χ1) is 17.9. The second-order valence-electron chi connectivity index (χ2n) is 8.28. The molecule has 1 fully saturated rings.